The molecule has 21 heavy (non-hydrogen) atoms. The molecule has 0 saturated heterocycles. The monoisotopic (exact) mass is 296 g/mol. The minimum atomic E-state index is -0.977. The Labute approximate surface area is 127 Å². The summed E-state index contributed by atoms with van der Waals surface area (Å²) in [6.45, 7) is 2.06. The van der Waals surface area contributed by atoms with E-state index in [1.165, 1.54) is 11.6 Å². The van der Waals surface area contributed by atoms with E-state index >= 15 is 0 Å². The fourth-order valence-corrected chi connectivity index (χ4v) is 2.81. The molecule has 0 aliphatic carbocycles. The van der Waals surface area contributed by atoms with Crippen LogP contribution in [0.15, 0.2) is 54.6 Å². The molecule has 3 rings (SSSR count). The van der Waals surface area contributed by atoms with Crippen molar-refractivity contribution in [2.75, 3.05) is 0 Å². The van der Waals surface area contributed by atoms with Gasteiger partial charge in [0, 0.05) is 5.02 Å². The molecule has 3 heteroatoms. The number of hydrogen-bond donors (Lipinski definition) is 1. The average Bonchev–Trinajstić information content (AvgIpc) is 2.47. The Morgan fingerprint density at radius 1 is 1.00 bits per heavy atom. The lowest BCUT2D eigenvalue weighted by atomic mass is 9.94. The molecule has 104 valence electrons. The standard InChI is InChI=1S/C18H13ClO2/c1-11-6-7-16(17-5-3-2-4-15(11)17)12-8-13(18(20)21)10-14(19)9-12/h2-10H,1H3,(H,20,21). The predicted molar refractivity (Wildman–Crippen MR) is 86.1 cm³/mol. The molecule has 0 bridgehead atoms. The van der Waals surface area contributed by atoms with Crippen molar-refractivity contribution in [2.24, 2.45) is 0 Å². The summed E-state index contributed by atoms with van der Waals surface area (Å²) in [6, 6.07) is 17.1. The number of fused-ring (bicyclic) bond motifs is 1. The van der Waals surface area contributed by atoms with Gasteiger partial charge >= 0.3 is 5.97 Å². The molecule has 0 aromatic heterocycles. The second kappa shape index (κ2) is 5.23. The van der Waals surface area contributed by atoms with Gasteiger partial charge in [-0.1, -0.05) is 48.0 Å². The van der Waals surface area contributed by atoms with E-state index in [0.29, 0.717) is 5.02 Å². The minimum Gasteiger partial charge on any atom is -0.478 e. The number of carbonyl (C=O) groups is 1. The molecule has 3 aromatic carbocycles. The summed E-state index contributed by atoms with van der Waals surface area (Å²) >= 11 is 6.06. The van der Waals surface area contributed by atoms with Gasteiger partial charge in [0.25, 0.3) is 0 Å². The average molecular weight is 297 g/mol. The van der Waals surface area contributed by atoms with Crippen molar-refractivity contribution in [3.63, 3.8) is 0 Å². The van der Waals surface area contributed by atoms with Crippen molar-refractivity contribution in [1.29, 1.82) is 0 Å². The van der Waals surface area contributed by atoms with Crippen LogP contribution in [0.4, 0.5) is 0 Å². The van der Waals surface area contributed by atoms with E-state index in [9.17, 15) is 9.90 Å². The highest BCUT2D eigenvalue weighted by molar-refractivity contribution is 6.31. The van der Waals surface area contributed by atoms with E-state index in [2.05, 4.69) is 13.0 Å². The Morgan fingerprint density at radius 3 is 2.43 bits per heavy atom. The lowest BCUT2D eigenvalue weighted by Gasteiger charge is -2.10. The summed E-state index contributed by atoms with van der Waals surface area (Å²) in [5.74, 6) is -0.977. The first-order valence-corrected chi connectivity index (χ1v) is 6.96. The van der Waals surface area contributed by atoms with Gasteiger partial charge in [-0.15, -0.1) is 0 Å². The van der Waals surface area contributed by atoms with Crippen molar-refractivity contribution in [3.05, 3.63) is 70.7 Å². The van der Waals surface area contributed by atoms with Crippen LogP contribution in [0.1, 0.15) is 15.9 Å². The van der Waals surface area contributed by atoms with E-state index < -0.39 is 5.97 Å². The van der Waals surface area contributed by atoms with Crippen LogP contribution in [0.5, 0.6) is 0 Å². The first-order valence-electron chi connectivity index (χ1n) is 6.59. The molecule has 2 nitrogen and oxygen atoms in total. The fraction of sp³-hybridized carbons (Fsp3) is 0.0556. The molecule has 0 aliphatic rings. The number of hydrogen-bond acceptors (Lipinski definition) is 1. The number of halogens is 1. The first kappa shape index (κ1) is 13.7. The zero-order valence-corrected chi connectivity index (χ0v) is 12.2. The highest BCUT2D eigenvalue weighted by Gasteiger charge is 2.10. The normalized spacial score (nSPS) is 10.8. The summed E-state index contributed by atoms with van der Waals surface area (Å²) < 4.78 is 0. The summed E-state index contributed by atoms with van der Waals surface area (Å²) in [5, 5.41) is 11.9. The van der Waals surface area contributed by atoms with E-state index in [4.69, 9.17) is 11.6 Å². The van der Waals surface area contributed by atoms with Crippen molar-refractivity contribution in [1.82, 2.24) is 0 Å². The second-order valence-corrected chi connectivity index (χ2v) is 5.45. The van der Waals surface area contributed by atoms with Crippen molar-refractivity contribution in [2.45, 2.75) is 6.92 Å². The minimum absolute atomic E-state index is 0.196. The molecule has 0 saturated carbocycles. The summed E-state index contributed by atoms with van der Waals surface area (Å²) in [5.41, 5.74) is 3.19. The second-order valence-electron chi connectivity index (χ2n) is 5.01. The van der Waals surface area contributed by atoms with E-state index in [0.717, 1.165) is 21.9 Å². The zero-order chi connectivity index (χ0) is 15.0. The van der Waals surface area contributed by atoms with Gasteiger partial charge in [0.1, 0.15) is 0 Å². The third-order valence-corrected chi connectivity index (χ3v) is 3.82. The number of aryl methyl sites for hydroxylation is 1. The number of carboxylic acids is 1. The van der Waals surface area contributed by atoms with Gasteiger partial charge in [-0.2, -0.15) is 0 Å². The van der Waals surface area contributed by atoms with E-state index in [1.54, 1.807) is 12.1 Å². The fourth-order valence-electron chi connectivity index (χ4n) is 2.57. The lowest BCUT2D eigenvalue weighted by Crippen LogP contribution is -1.96. The van der Waals surface area contributed by atoms with Gasteiger partial charge in [0.15, 0.2) is 0 Å². The SMILES string of the molecule is Cc1ccc(-c2cc(Cl)cc(C(=O)O)c2)c2ccccc12. The molecule has 0 heterocycles. The molecule has 1 N–H and O–H groups in total. The maximum Gasteiger partial charge on any atom is 0.335 e. The van der Waals surface area contributed by atoms with Crippen molar-refractivity contribution < 1.29 is 9.90 Å². The van der Waals surface area contributed by atoms with Gasteiger partial charge in [-0.3, -0.25) is 0 Å². The lowest BCUT2D eigenvalue weighted by molar-refractivity contribution is 0.0697. The Morgan fingerprint density at radius 2 is 1.71 bits per heavy atom. The zero-order valence-electron chi connectivity index (χ0n) is 11.4. The molecule has 0 fully saturated rings. The van der Waals surface area contributed by atoms with Crippen LogP contribution < -0.4 is 0 Å². The van der Waals surface area contributed by atoms with Crippen LogP contribution in [0, 0.1) is 6.92 Å². The number of aromatic carboxylic acids is 1. The van der Waals surface area contributed by atoms with Crippen molar-refractivity contribution >= 4 is 28.3 Å². The van der Waals surface area contributed by atoms with Crippen LogP contribution in [0.25, 0.3) is 21.9 Å². The number of rotatable bonds is 2. The molecule has 0 spiro atoms. The van der Waals surface area contributed by atoms with E-state index in [1.807, 2.05) is 30.3 Å². The number of carboxylic acid groups (broad SMARTS) is 1. The Bertz CT molecular complexity index is 853. The predicted octanol–water partition coefficient (Wildman–Crippen LogP) is 5.17. The van der Waals surface area contributed by atoms with Gasteiger partial charge < -0.3 is 5.11 Å². The molecule has 0 amide bonds. The van der Waals surface area contributed by atoms with Gasteiger partial charge in [-0.25, -0.2) is 4.79 Å². The summed E-state index contributed by atoms with van der Waals surface area (Å²) in [7, 11) is 0. The maximum absolute atomic E-state index is 11.2. The molecule has 0 radical (unpaired) electrons. The topological polar surface area (TPSA) is 37.3 Å². The molecule has 0 aliphatic heterocycles. The molecular weight excluding hydrogens is 284 g/mol. The quantitative estimate of drug-likeness (QED) is 0.708. The largest absolute Gasteiger partial charge is 0.478 e. The molecule has 3 aromatic rings. The Hall–Kier alpha value is -2.32. The van der Waals surface area contributed by atoms with Crippen LogP contribution in [0.2, 0.25) is 5.02 Å². The molecule has 0 atom stereocenters. The molecular formula is C18H13ClO2. The van der Waals surface area contributed by atoms with Crippen LogP contribution in [-0.2, 0) is 0 Å². The molecule has 0 unspecified atom stereocenters. The van der Waals surface area contributed by atoms with Gasteiger partial charge in [0.2, 0.25) is 0 Å². The van der Waals surface area contributed by atoms with E-state index in [-0.39, 0.29) is 5.56 Å². The van der Waals surface area contributed by atoms with Crippen LogP contribution in [-0.4, -0.2) is 11.1 Å². The first-order chi connectivity index (χ1) is 10.1. The van der Waals surface area contributed by atoms with Gasteiger partial charge in [0.05, 0.1) is 5.56 Å². The van der Waals surface area contributed by atoms with Gasteiger partial charge in [-0.05, 0) is 52.6 Å². The van der Waals surface area contributed by atoms with Crippen molar-refractivity contribution in [3.8, 4) is 11.1 Å². The maximum atomic E-state index is 11.2. The Balaban J connectivity index is 2.31. The Kier molecular flexibility index (Phi) is 3.40. The summed E-state index contributed by atoms with van der Waals surface area (Å²) in [4.78, 5) is 11.2. The smallest absolute Gasteiger partial charge is 0.335 e. The van der Waals surface area contributed by atoms with Crippen LogP contribution in [0.3, 0.4) is 0 Å². The highest BCUT2D eigenvalue weighted by atomic mass is 35.5. The van der Waals surface area contributed by atoms with Crippen LogP contribution >= 0.6 is 11.6 Å². The summed E-state index contributed by atoms with van der Waals surface area (Å²) in [6.07, 6.45) is 0. The highest BCUT2D eigenvalue weighted by Crippen LogP contribution is 2.32. The number of benzene rings is 3. The third-order valence-electron chi connectivity index (χ3n) is 3.60. The third kappa shape index (κ3) is 2.50.